The fraction of sp³-hybridized carbons (Fsp3) is 0.318. The maximum Gasteiger partial charge on any atom is 0.332 e. The van der Waals surface area contributed by atoms with Gasteiger partial charge in [0.2, 0.25) is 0 Å². The van der Waals surface area contributed by atoms with E-state index in [1.165, 1.54) is 0 Å². The summed E-state index contributed by atoms with van der Waals surface area (Å²) in [6, 6.07) is 9.36. The van der Waals surface area contributed by atoms with Gasteiger partial charge in [-0.05, 0) is 48.7 Å². The zero-order valence-electron chi connectivity index (χ0n) is 16.6. The highest BCUT2D eigenvalue weighted by Gasteiger charge is 2.21. The number of ether oxygens (including phenoxy) is 2. The van der Waals surface area contributed by atoms with Crippen molar-refractivity contribution in [3.8, 4) is 11.5 Å². The highest BCUT2D eigenvalue weighted by Crippen LogP contribution is 2.20. The summed E-state index contributed by atoms with van der Waals surface area (Å²) in [5.74, 6) is 0.325. The topological polar surface area (TPSA) is 77.5 Å². The lowest BCUT2D eigenvalue weighted by Gasteiger charge is -2.17. The van der Waals surface area contributed by atoms with Crippen LogP contribution in [0.2, 0.25) is 0 Å². The number of amides is 1. The summed E-state index contributed by atoms with van der Waals surface area (Å²) in [7, 11) is 0. The van der Waals surface area contributed by atoms with Crippen LogP contribution in [-0.2, 0) is 9.53 Å². The Morgan fingerprint density at radius 1 is 1.14 bits per heavy atom. The normalized spacial score (nSPS) is 12.4. The van der Waals surface area contributed by atoms with Crippen LogP contribution in [0.1, 0.15) is 38.1 Å². The first-order valence-corrected chi connectivity index (χ1v) is 9.13. The summed E-state index contributed by atoms with van der Waals surface area (Å²) in [5, 5.41) is 2.71. The number of carbonyl (C=O) groups excluding carboxylic acids is 2. The molecule has 1 aromatic carbocycles. The van der Waals surface area contributed by atoms with Crippen LogP contribution >= 0.6 is 0 Å². The van der Waals surface area contributed by atoms with Gasteiger partial charge in [-0.1, -0.05) is 32.9 Å². The van der Waals surface area contributed by atoms with Crippen molar-refractivity contribution in [3.63, 3.8) is 0 Å². The molecule has 0 aliphatic rings. The molecule has 0 radical (unpaired) electrons. The van der Waals surface area contributed by atoms with Gasteiger partial charge in [0.1, 0.15) is 17.5 Å². The summed E-state index contributed by atoms with van der Waals surface area (Å²) in [6.07, 6.45) is 6.80. The van der Waals surface area contributed by atoms with Crippen LogP contribution < -0.4 is 10.1 Å². The molecule has 0 fully saturated rings. The predicted octanol–water partition coefficient (Wildman–Crippen LogP) is 4.14. The molecule has 1 heterocycles. The molecule has 1 aromatic heterocycles. The average Bonchev–Trinajstić information content (AvgIpc) is 2.66. The number of hydrogen-bond donors (Lipinski definition) is 1. The molecule has 1 amide bonds. The molecule has 1 N–H and O–H groups in total. The van der Waals surface area contributed by atoms with Gasteiger partial charge in [-0.25, -0.2) is 4.79 Å². The molecule has 0 spiro atoms. The molecule has 6 nitrogen and oxygen atoms in total. The Balaban J connectivity index is 2.07. The Morgan fingerprint density at radius 2 is 1.86 bits per heavy atom. The second-order valence-electron chi connectivity index (χ2n) is 7.24. The SMILES string of the molecule is CCOC(=O)C(C=CC(C)(C)C)NC(=O)c1ccc(Oc2cccnc2)cc1. The number of esters is 1. The third kappa shape index (κ3) is 6.87. The molecule has 0 saturated carbocycles. The minimum Gasteiger partial charge on any atom is -0.464 e. The molecule has 1 atom stereocenters. The molecule has 148 valence electrons. The Labute approximate surface area is 165 Å². The Kier molecular flexibility index (Phi) is 7.32. The van der Waals surface area contributed by atoms with E-state index in [-0.39, 0.29) is 17.9 Å². The maximum atomic E-state index is 12.6. The molecule has 6 heteroatoms. The molecular weight excluding hydrogens is 356 g/mol. The number of aromatic nitrogens is 1. The van der Waals surface area contributed by atoms with Gasteiger partial charge in [0.15, 0.2) is 0 Å². The van der Waals surface area contributed by atoms with Crippen LogP contribution in [0, 0.1) is 5.41 Å². The molecule has 2 rings (SSSR count). The van der Waals surface area contributed by atoms with Crippen molar-refractivity contribution < 1.29 is 19.1 Å². The maximum absolute atomic E-state index is 12.6. The van der Waals surface area contributed by atoms with E-state index in [1.54, 1.807) is 61.8 Å². The van der Waals surface area contributed by atoms with Crippen LogP contribution in [0.5, 0.6) is 11.5 Å². The number of pyridine rings is 1. The van der Waals surface area contributed by atoms with Gasteiger partial charge in [0.05, 0.1) is 12.8 Å². The standard InChI is InChI=1S/C22H26N2O4/c1-5-27-21(26)19(12-13-22(2,3)4)24-20(25)16-8-10-17(11-9-16)28-18-7-6-14-23-15-18/h6-15,19H,5H2,1-4H3,(H,24,25). The van der Waals surface area contributed by atoms with Crippen LogP contribution in [0.25, 0.3) is 0 Å². The Hall–Kier alpha value is -3.15. The number of allylic oxidation sites excluding steroid dienone is 1. The number of rotatable bonds is 7. The minimum atomic E-state index is -0.849. The second-order valence-corrected chi connectivity index (χ2v) is 7.24. The lowest BCUT2D eigenvalue weighted by atomic mass is 9.95. The van der Waals surface area contributed by atoms with Gasteiger partial charge in [-0.2, -0.15) is 0 Å². The van der Waals surface area contributed by atoms with Gasteiger partial charge >= 0.3 is 5.97 Å². The molecule has 0 aliphatic carbocycles. The summed E-state index contributed by atoms with van der Waals surface area (Å²) < 4.78 is 10.7. The van der Waals surface area contributed by atoms with Gasteiger partial charge in [0.25, 0.3) is 5.91 Å². The number of nitrogens with one attached hydrogen (secondary N) is 1. The number of carbonyl (C=O) groups is 2. The fourth-order valence-corrected chi connectivity index (χ4v) is 2.25. The summed E-state index contributed by atoms with van der Waals surface area (Å²) >= 11 is 0. The van der Waals surface area contributed by atoms with Gasteiger partial charge in [-0.3, -0.25) is 9.78 Å². The van der Waals surface area contributed by atoms with Gasteiger partial charge in [-0.15, -0.1) is 0 Å². The summed E-state index contributed by atoms with van der Waals surface area (Å²) in [6.45, 7) is 8.00. The van der Waals surface area contributed by atoms with Crippen LogP contribution in [0.4, 0.5) is 0 Å². The zero-order valence-corrected chi connectivity index (χ0v) is 16.6. The van der Waals surface area contributed by atoms with Crippen LogP contribution in [0.3, 0.4) is 0 Å². The molecular formula is C22H26N2O4. The van der Waals surface area contributed by atoms with E-state index < -0.39 is 12.0 Å². The first kappa shape index (κ1) is 21.2. The number of hydrogen-bond acceptors (Lipinski definition) is 5. The van der Waals surface area contributed by atoms with Crippen LogP contribution in [0.15, 0.2) is 60.9 Å². The first-order valence-electron chi connectivity index (χ1n) is 9.13. The summed E-state index contributed by atoms with van der Waals surface area (Å²) in [5.41, 5.74) is 0.290. The van der Waals surface area contributed by atoms with Crippen molar-refractivity contribution in [2.24, 2.45) is 5.41 Å². The highest BCUT2D eigenvalue weighted by atomic mass is 16.5. The lowest BCUT2D eigenvalue weighted by Crippen LogP contribution is -2.40. The van der Waals surface area contributed by atoms with Crippen molar-refractivity contribution in [3.05, 3.63) is 66.5 Å². The van der Waals surface area contributed by atoms with Gasteiger partial charge < -0.3 is 14.8 Å². The van der Waals surface area contributed by atoms with E-state index in [4.69, 9.17) is 9.47 Å². The Morgan fingerprint density at radius 3 is 2.43 bits per heavy atom. The zero-order chi connectivity index (χ0) is 20.6. The van der Waals surface area contributed by atoms with E-state index in [1.807, 2.05) is 26.8 Å². The van der Waals surface area contributed by atoms with Crippen molar-refractivity contribution in [2.45, 2.75) is 33.7 Å². The molecule has 2 aromatic rings. The van der Waals surface area contributed by atoms with Gasteiger partial charge in [0, 0.05) is 11.8 Å². The molecule has 1 unspecified atom stereocenters. The summed E-state index contributed by atoms with van der Waals surface area (Å²) in [4.78, 5) is 28.7. The van der Waals surface area contributed by atoms with E-state index in [0.717, 1.165) is 0 Å². The van der Waals surface area contributed by atoms with Crippen LogP contribution in [-0.4, -0.2) is 29.5 Å². The second kappa shape index (κ2) is 9.69. The molecule has 28 heavy (non-hydrogen) atoms. The van der Waals surface area contributed by atoms with Crippen molar-refractivity contribution in [1.82, 2.24) is 10.3 Å². The van der Waals surface area contributed by atoms with E-state index in [2.05, 4.69) is 10.3 Å². The fourth-order valence-electron chi connectivity index (χ4n) is 2.25. The van der Waals surface area contributed by atoms with E-state index in [0.29, 0.717) is 17.1 Å². The highest BCUT2D eigenvalue weighted by molar-refractivity contribution is 5.97. The quantitative estimate of drug-likeness (QED) is 0.575. The molecule has 0 aliphatic heterocycles. The minimum absolute atomic E-state index is 0.124. The van der Waals surface area contributed by atoms with Crippen molar-refractivity contribution >= 4 is 11.9 Å². The molecule has 0 saturated heterocycles. The lowest BCUT2D eigenvalue weighted by molar-refractivity contribution is -0.144. The van der Waals surface area contributed by atoms with E-state index >= 15 is 0 Å². The number of nitrogens with zero attached hydrogens (tertiary/aromatic N) is 1. The predicted molar refractivity (Wildman–Crippen MR) is 107 cm³/mol. The monoisotopic (exact) mass is 382 g/mol. The smallest absolute Gasteiger partial charge is 0.332 e. The average molecular weight is 382 g/mol. The van der Waals surface area contributed by atoms with Crippen molar-refractivity contribution in [1.29, 1.82) is 0 Å². The van der Waals surface area contributed by atoms with Crippen molar-refractivity contribution in [2.75, 3.05) is 6.61 Å². The first-order chi connectivity index (χ1) is 13.3. The third-order valence-electron chi connectivity index (χ3n) is 3.60. The third-order valence-corrected chi connectivity index (χ3v) is 3.60. The largest absolute Gasteiger partial charge is 0.464 e. The van der Waals surface area contributed by atoms with E-state index in [9.17, 15) is 9.59 Å². The number of benzene rings is 1. The Bertz CT molecular complexity index is 809. The molecule has 0 bridgehead atoms.